The Kier molecular flexibility index (Phi) is 3.89. The van der Waals surface area contributed by atoms with Crippen LogP contribution in [0.4, 0.5) is 0 Å². The lowest BCUT2D eigenvalue weighted by molar-refractivity contribution is 0.610. The van der Waals surface area contributed by atoms with Crippen LogP contribution in [0.15, 0.2) is 29.0 Å². The van der Waals surface area contributed by atoms with E-state index in [-0.39, 0.29) is 0 Å². The van der Waals surface area contributed by atoms with Gasteiger partial charge < -0.3 is 5.43 Å². The van der Waals surface area contributed by atoms with Gasteiger partial charge in [-0.3, -0.25) is 9.36 Å². The van der Waals surface area contributed by atoms with Crippen LogP contribution in [0.25, 0.3) is 0 Å². The van der Waals surface area contributed by atoms with E-state index in [4.69, 9.17) is 0 Å². The Morgan fingerprint density at radius 3 is 2.59 bits per heavy atom. The van der Waals surface area contributed by atoms with E-state index >= 15 is 0 Å². The van der Waals surface area contributed by atoms with Crippen molar-refractivity contribution >= 4 is 15.9 Å². The highest BCUT2D eigenvalue weighted by atomic mass is 79.9. The summed E-state index contributed by atoms with van der Waals surface area (Å²) in [5.74, 6) is 0. The Balaban J connectivity index is 2.16. The molecule has 0 unspecified atom stereocenters. The predicted octanol–water partition coefficient (Wildman–Crippen LogP) is 2.77. The van der Waals surface area contributed by atoms with Gasteiger partial charge in [0.1, 0.15) is 0 Å². The van der Waals surface area contributed by atoms with Crippen molar-refractivity contribution in [2.75, 3.05) is 5.43 Å². The lowest BCUT2D eigenvalue weighted by Crippen LogP contribution is -2.15. The summed E-state index contributed by atoms with van der Waals surface area (Å²) in [6.07, 6.45) is 4.92. The molecule has 0 amide bonds. The van der Waals surface area contributed by atoms with Gasteiger partial charge in [-0.25, -0.2) is 0 Å². The molecule has 0 saturated carbocycles. The summed E-state index contributed by atoms with van der Waals surface area (Å²) in [5.41, 5.74) is 5.63. The Hall–Kier alpha value is -1.23. The minimum atomic E-state index is 0.760. The van der Waals surface area contributed by atoms with E-state index in [1.165, 1.54) is 5.69 Å². The molecule has 5 heteroatoms. The number of hydrogen-bond acceptors (Lipinski definition) is 2. The highest BCUT2D eigenvalue weighted by Gasteiger charge is 2.13. The van der Waals surface area contributed by atoms with Crippen LogP contribution in [-0.2, 0) is 19.5 Å². The van der Waals surface area contributed by atoms with E-state index in [1.54, 1.807) is 0 Å². The summed E-state index contributed by atoms with van der Waals surface area (Å²) in [6.45, 7) is 5.88. The number of aromatic nitrogens is 3. The molecule has 0 saturated heterocycles. The van der Waals surface area contributed by atoms with E-state index in [0.29, 0.717) is 0 Å². The highest BCUT2D eigenvalue weighted by molar-refractivity contribution is 9.10. The van der Waals surface area contributed by atoms with Crippen molar-refractivity contribution in [3.63, 3.8) is 0 Å². The molecule has 0 fully saturated rings. The third-order valence-corrected chi connectivity index (χ3v) is 3.64. The van der Waals surface area contributed by atoms with Gasteiger partial charge in [0.25, 0.3) is 0 Å². The molecule has 0 bridgehead atoms. The fourth-order valence-electron chi connectivity index (χ4n) is 1.79. The molecule has 2 aromatic heterocycles. The summed E-state index contributed by atoms with van der Waals surface area (Å²) in [7, 11) is 0. The fraction of sp³-hybridized carbons (Fsp3) is 0.417. The lowest BCUT2D eigenvalue weighted by Gasteiger charge is -2.09. The van der Waals surface area contributed by atoms with Crippen molar-refractivity contribution in [1.29, 1.82) is 0 Å². The first-order chi connectivity index (χ1) is 8.26. The second kappa shape index (κ2) is 5.40. The van der Waals surface area contributed by atoms with Crippen LogP contribution in [0.5, 0.6) is 0 Å². The van der Waals surface area contributed by atoms with Crippen molar-refractivity contribution in [2.24, 2.45) is 0 Å². The van der Waals surface area contributed by atoms with Gasteiger partial charge >= 0.3 is 0 Å². The van der Waals surface area contributed by atoms with E-state index in [2.05, 4.69) is 40.3 Å². The van der Waals surface area contributed by atoms with Gasteiger partial charge in [-0.2, -0.15) is 5.10 Å². The average molecular weight is 297 g/mol. The monoisotopic (exact) mass is 296 g/mol. The maximum atomic E-state index is 4.57. The van der Waals surface area contributed by atoms with Crippen LogP contribution in [-0.4, -0.2) is 14.5 Å². The second-order valence-corrected chi connectivity index (χ2v) is 4.59. The van der Waals surface area contributed by atoms with Crippen molar-refractivity contribution in [3.05, 3.63) is 40.4 Å². The van der Waals surface area contributed by atoms with Gasteiger partial charge in [-0.05, 0) is 41.4 Å². The number of rotatable bonds is 5. The van der Waals surface area contributed by atoms with Gasteiger partial charge in [0, 0.05) is 18.9 Å². The SMILES string of the molecule is CCc1nn(CC)c(CNn2cccc2)c1Br. The topological polar surface area (TPSA) is 34.8 Å². The highest BCUT2D eigenvalue weighted by Crippen LogP contribution is 2.22. The van der Waals surface area contributed by atoms with Crippen LogP contribution < -0.4 is 5.43 Å². The third-order valence-electron chi connectivity index (χ3n) is 2.73. The molecule has 92 valence electrons. The first kappa shape index (κ1) is 12.2. The van der Waals surface area contributed by atoms with Crippen LogP contribution in [0, 0.1) is 0 Å². The predicted molar refractivity (Wildman–Crippen MR) is 72.5 cm³/mol. The largest absolute Gasteiger partial charge is 0.320 e. The van der Waals surface area contributed by atoms with Gasteiger partial charge in [0.15, 0.2) is 0 Å². The molecular weight excluding hydrogens is 280 g/mol. The van der Waals surface area contributed by atoms with Gasteiger partial charge in [0.05, 0.1) is 22.4 Å². The number of aryl methyl sites for hydroxylation is 2. The quantitative estimate of drug-likeness (QED) is 0.921. The minimum absolute atomic E-state index is 0.760. The maximum Gasteiger partial charge on any atom is 0.0767 e. The minimum Gasteiger partial charge on any atom is -0.320 e. The standard InChI is InChI=1S/C12H17BrN4/c1-3-10-12(13)11(17(4-2)15-10)9-14-16-7-5-6-8-16/h5-8,14H,3-4,9H2,1-2H3. The Morgan fingerprint density at radius 1 is 1.29 bits per heavy atom. The molecule has 17 heavy (non-hydrogen) atoms. The molecule has 0 aliphatic carbocycles. The molecule has 2 aromatic rings. The van der Waals surface area contributed by atoms with E-state index in [1.807, 2.05) is 33.9 Å². The summed E-state index contributed by atoms with van der Waals surface area (Å²) < 4.78 is 5.12. The van der Waals surface area contributed by atoms with Gasteiger partial charge in [-0.1, -0.05) is 6.92 Å². The summed E-state index contributed by atoms with van der Waals surface area (Å²) >= 11 is 3.63. The molecule has 0 atom stereocenters. The van der Waals surface area contributed by atoms with Crippen molar-refractivity contribution in [1.82, 2.24) is 14.5 Å². The number of halogens is 1. The lowest BCUT2D eigenvalue weighted by atomic mass is 10.3. The third kappa shape index (κ3) is 2.54. The van der Waals surface area contributed by atoms with Crippen molar-refractivity contribution in [3.8, 4) is 0 Å². The molecule has 2 heterocycles. The first-order valence-electron chi connectivity index (χ1n) is 5.87. The van der Waals surface area contributed by atoms with E-state index in [9.17, 15) is 0 Å². The normalized spacial score (nSPS) is 10.8. The molecule has 1 N–H and O–H groups in total. The number of nitrogens with zero attached hydrogens (tertiary/aromatic N) is 3. The molecule has 0 aromatic carbocycles. The van der Waals surface area contributed by atoms with Crippen LogP contribution in [0.2, 0.25) is 0 Å². The Bertz CT molecular complexity index is 473. The molecule has 0 spiro atoms. The summed E-state index contributed by atoms with van der Waals surface area (Å²) in [5, 5.41) is 4.57. The molecule has 0 aliphatic heterocycles. The van der Waals surface area contributed by atoms with Gasteiger partial charge in [0.2, 0.25) is 0 Å². The zero-order valence-electron chi connectivity index (χ0n) is 10.2. The van der Waals surface area contributed by atoms with E-state index in [0.717, 1.165) is 29.7 Å². The number of hydrogen-bond donors (Lipinski definition) is 1. The summed E-state index contributed by atoms with van der Waals surface area (Å²) in [6, 6.07) is 3.99. The maximum absolute atomic E-state index is 4.57. The Morgan fingerprint density at radius 2 is 2.00 bits per heavy atom. The molecule has 0 aliphatic rings. The average Bonchev–Trinajstić information content (AvgIpc) is 2.94. The molecule has 0 radical (unpaired) electrons. The van der Waals surface area contributed by atoms with Crippen LogP contribution in [0.3, 0.4) is 0 Å². The smallest absolute Gasteiger partial charge is 0.0767 e. The molecule has 4 nitrogen and oxygen atoms in total. The van der Waals surface area contributed by atoms with Crippen molar-refractivity contribution in [2.45, 2.75) is 33.4 Å². The Labute approximate surface area is 110 Å². The number of nitrogens with one attached hydrogen (secondary N) is 1. The van der Waals surface area contributed by atoms with Gasteiger partial charge in [-0.15, -0.1) is 0 Å². The molecule has 2 rings (SSSR count). The first-order valence-corrected chi connectivity index (χ1v) is 6.66. The summed E-state index contributed by atoms with van der Waals surface area (Å²) in [4.78, 5) is 0. The second-order valence-electron chi connectivity index (χ2n) is 3.80. The van der Waals surface area contributed by atoms with Crippen molar-refractivity contribution < 1.29 is 0 Å². The zero-order valence-corrected chi connectivity index (χ0v) is 11.7. The fourth-order valence-corrected chi connectivity index (χ4v) is 2.50. The van der Waals surface area contributed by atoms with E-state index < -0.39 is 0 Å². The molecular formula is C12H17BrN4. The van der Waals surface area contributed by atoms with Crippen LogP contribution in [0.1, 0.15) is 25.2 Å². The zero-order chi connectivity index (χ0) is 12.3. The van der Waals surface area contributed by atoms with Crippen LogP contribution >= 0.6 is 15.9 Å².